The summed E-state index contributed by atoms with van der Waals surface area (Å²) in [6.45, 7) is 2.24. The summed E-state index contributed by atoms with van der Waals surface area (Å²) in [6.07, 6.45) is 2.40. The molecular weight excluding hydrogens is 308 g/mol. The number of allylic oxidation sites excluding steroid dienone is 1. The lowest BCUT2D eigenvalue weighted by Gasteiger charge is -2.18. The van der Waals surface area contributed by atoms with Gasteiger partial charge in [0.05, 0.1) is 0 Å². The molecule has 1 aliphatic heterocycles. The van der Waals surface area contributed by atoms with Crippen molar-refractivity contribution in [3.8, 4) is 11.5 Å². The summed E-state index contributed by atoms with van der Waals surface area (Å²) in [6, 6.07) is 18.4. The number of hydrogen-bond donors (Lipinski definition) is 0. The monoisotopic (exact) mass is 328 g/mol. The van der Waals surface area contributed by atoms with Crippen LogP contribution >= 0.6 is 23.5 Å². The lowest BCUT2D eigenvalue weighted by Crippen LogP contribution is -1.95. The summed E-state index contributed by atoms with van der Waals surface area (Å²) in [5.41, 5.74) is 2.79. The van der Waals surface area contributed by atoms with E-state index in [1.54, 1.807) is 0 Å². The molecule has 1 saturated heterocycles. The van der Waals surface area contributed by atoms with Gasteiger partial charge in [0, 0.05) is 4.24 Å². The van der Waals surface area contributed by atoms with E-state index in [4.69, 9.17) is 4.74 Å². The molecule has 3 heteroatoms. The van der Waals surface area contributed by atoms with Crippen LogP contribution in [0, 0.1) is 0 Å². The Bertz CT molecular complexity index is 624. The van der Waals surface area contributed by atoms with Crippen LogP contribution in [0.1, 0.15) is 25.3 Å². The smallest absolute Gasteiger partial charge is 0.127 e. The van der Waals surface area contributed by atoms with E-state index in [0.717, 1.165) is 17.9 Å². The van der Waals surface area contributed by atoms with Gasteiger partial charge in [-0.05, 0) is 59.7 Å². The zero-order chi connectivity index (χ0) is 15.2. The van der Waals surface area contributed by atoms with E-state index < -0.39 is 0 Å². The maximum atomic E-state index is 5.87. The maximum Gasteiger partial charge on any atom is 0.127 e. The minimum Gasteiger partial charge on any atom is -0.457 e. The van der Waals surface area contributed by atoms with E-state index in [0.29, 0.717) is 0 Å². The molecular formula is C19H20OS2. The van der Waals surface area contributed by atoms with Crippen LogP contribution in [-0.2, 0) is 0 Å². The first kappa shape index (κ1) is 15.6. The lowest BCUT2D eigenvalue weighted by molar-refractivity contribution is 0.482. The fourth-order valence-electron chi connectivity index (χ4n) is 2.42. The van der Waals surface area contributed by atoms with E-state index in [2.05, 4.69) is 31.2 Å². The fourth-order valence-corrected chi connectivity index (χ4v) is 5.26. The van der Waals surface area contributed by atoms with Crippen LogP contribution < -0.4 is 4.74 Å². The Morgan fingerprint density at radius 1 is 0.909 bits per heavy atom. The highest BCUT2D eigenvalue weighted by Crippen LogP contribution is 2.41. The topological polar surface area (TPSA) is 9.23 Å². The molecule has 0 bridgehead atoms. The van der Waals surface area contributed by atoms with Gasteiger partial charge in [-0.15, -0.1) is 23.5 Å². The summed E-state index contributed by atoms with van der Waals surface area (Å²) in [7, 11) is 0. The summed E-state index contributed by atoms with van der Waals surface area (Å²) in [5.74, 6) is 4.27. The van der Waals surface area contributed by atoms with Crippen molar-refractivity contribution >= 4 is 29.1 Å². The molecule has 22 heavy (non-hydrogen) atoms. The van der Waals surface area contributed by atoms with Crippen LogP contribution in [0.15, 0.2) is 58.8 Å². The number of rotatable bonds is 4. The van der Waals surface area contributed by atoms with Gasteiger partial charge >= 0.3 is 0 Å². The van der Waals surface area contributed by atoms with E-state index in [1.807, 2.05) is 53.9 Å². The third-order valence-corrected chi connectivity index (χ3v) is 6.25. The van der Waals surface area contributed by atoms with Crippen LogP contribution in [0.4, 0.5) is 0 Å². The molecule has 0 amide bonds. The van der Waals surface area contributed by atoms with Crippen molar-refractivity contribution in [2.45, 2.75) is 19.8 Å². The Morgan fingerprint density at radius 2 is 1.55 bits per heavy atom. The summed E-state index contributed by atoms with van der Waals surface area (Å²) >= 11 is 4.02. The lowest BCUT2D eigenvalue weighted by atomic mass is 10.1. The molecule has 1 fully saturated rings. The van der Waals surface area contributed by atoms with Gasteiger partial charge in [-0.3, -0.25) is 0 Å². The van der Waals surface area contributed by atoms with Crippen molar-refractivity contribution in [2.24, 2.45) is 0 Å². The molecule has 0 aliphatic carbocycles. The molecule has 0 atom stereocenters. The van der Waals surface area contributed by atoms with Gasteiger partial charge in [-0.2, -0.15) is 0 Å². The van der Waals surface area contributed by atoms with E-state index in [1.165, 1.54) is 33.3 Å². The first-order chi connectivity index (χ1) is 10.9. The first-order valence-corrected chi connectivity index (χ1v) is 9.66. The predicted molar refractivity (Wildman–Crippen MR) is 99.7 cm³/mol. The quantitative estimate of drug-likeness (QED) is 0.640. The van der Waals surface area contributed by atoms with Crippen LogP contribution in [0.3, 0.4) is 0 Å². The molecule has 0 aromatic heterocycles. The van der Waals surface area contributed by atoms with Gasteiger partial charge in [-0.1, -0.05) is 37.3 Å². The largest absolute Gasteiger partial charge is 0.457 e. The number of ether oxygens (including phenoxy) is 1. The highest BCUT2D eigenvalue weighted by atomic mass is 32.2. The minimum atomic E-state index is 0.878. The summed E-state index contributed by atoms with van der Waals surface area (Å²) in [4.78, 5) is 0. The van der Waals surface area contributed by atoms with Crippen molar-refractivity contribution < 1.29 is 4.74 Å². The summed E-state index contributed by atoms with van der Waals surface area (Å²) < 4.78 is 7.37. The SMILES string of the molecule is CCC(=C1SCCCS1)c1ccc(Oc2ccccc2)cc1. The van der Waals surface area contributed by atoms with Crippen molar-refractivity contribution in [3.63, 3.8) is 0 Å². The molecule has 0 saturated carbocycles. The average Bonchev–Trinajstić information content (AvgIpc) is 2.59. The van der Waals surface area contributed by atoms with E-state index in [9.17, 15) is 0 Å². The summed E-state index contributed by atoms with van der Waals surface area (Å²) in [5, 5.41) is 0. The van der Waals surface area contributed by atoms with Gasteiger partial charge in [0.1, 0.15) is 11.5 Å². The molecule has 0 N–H and O–H groups in total. The third kappa shape index (κ3) is 3.90. The van der Waals surface area contributed by atoms with Gasteiger partial charge in [0.2, 0.25) is 0 Å². The zero-order valence-corrected chi connectivity index (χ0v) is 14.4. The van der Waals surface area contributed by atoms with Crippen LogP contribution in [0.2, 0.25) is 0 Å². The molecule has 2 aromatic rings. The van der Waals surface area contributed by atoms with Crippen molar-refractivity contribution in [2.75, 3.05) is 11.5 Å². The highest BCUT2D eigenvalue weighted by molar-refractivity contribution is 8.23. The molecule has 3 rings (SSSR count). The molecule has 1 heterocycles. The minimum absolute atomic E-state index is 0.878. The maximum absolute atomic E-state index is 5.87. The van der Waals surface area contributed by atoms with Gasteiger partial charge < -0.3 is 4.74 Å². The van der Waals surface area contributed by atoms with Crippen molar-refractivity contribution in [1.29, 1.82) is 0 Å². The predicted octanol–water partition coefficient (Wildman–Crippen LogP) is 6.43. The number of thioether (sulfide) groups is 2. The molecule has 0 unspecified atom stereocenters. The van der Waals surface area contributed by atoms with Gasteiger partial charge in [-0.25, -0.2) is 0 Å². The Hall–Kier alpha value is -1.32. The Labute approximate surface area is 141 Å². The fraction of sp³-hybridized carbons (Fsp3) is 0.263. The molecule has 1 nitrogen and oxygen atoms in total. The van der Waals surface area contributed by atoms with Crippen molar-refractivity contribution in [1.82, 2.24) is 0 Å². The molecule has 1 aliphatic rings. The zero-order valence-electron chi connectivity index (χ0n) is 12.7. The number of hydrogen-bond acceptors (Lipinski definition) is 3. The Kier molecular flexibility index (Phi) is 5.52. The Balaban J connectivity index is 1.78. The molecule has 2 aromatic carbocycles. The van der Waals surface area contributed by atoms with Gasteiger partial charge in [0.25, 0.3) is 0 Å². The Morgan fingerprint density at radius 3 is 2.18 bits per heavy atom. The molecule has 0 radical (unpaired) electrons. The third-order valence-electron chi connectivity index (χ3n) is 3.54. The number of para-hydroxylation sites is 1. The van der Waals surface area contributed by atoms with Crippen LogP contribution in [0.5, 0.6) is 11.5 Å². The van der Waals surface area contributed by atoms with Crippen LogP contribution in [0.25, 0.3) is 5.57 Å². The molecule has 114 valence electrons. The standard InChI is InChI=1S/C19H20OS2/c1-2-18(19-21-13-6-14-22-19)15-9-11-17(12-10-15)20-16-7-4-3-5-8-16/h3-5,7-12H,2,6,13-14H2,1H3. The van der Waals surface area contributed by atoms with Gasteiger partial charge in [0.15, 0.2) is 0 Å². The second-order valence-electron chi connectivity index (χ2n) is 5.11. The second kappa shape index (κ2) is 7.80. The normalized spacial score (nSPS) is 14.7. The van der Waals surface area contributed by atoms with Crippen LogP contribution in [-0.4, -0.2) is 11.5 Å². The van der Waals surface area contributed by atoms with E-state index >= 15 is 0 Å². The first-order valence-electron chi connectivity index (χ1n) is 7.69. The molecule has 0 spiro atoms. The number of benzene rings is 2. The second-order valence-corrected chi connectivity index (χ2v) is 7.58. The average molecular weight is 329 g/mol. The van der Waals surface area contributed by atoms with E-state index in [-0.39, 0.29) is 0 Å². The van der Waals surface area contributed by atoms with Crippen molar-refractivity contribution in [3.05, 3.63) is 64.4 Å². The highest BCUT2D eigenvalue weighted by Gasteiger charge is 2.13.